The zero-order valence-electron chi connectivity index (χ0n) is 17.6. The van der Waals surface area contributed by atoms with E-state index in [1.807, 2.05) is 31.0 Å². The summed E-state index contributed by atoms with van der Waals surface area (Å²) in [5.74, 6) is 0.799. The van der Waals surface area contributed by atoms with Crippen molar-refractivity contribution >= 4 is 11.8 Å². The van der Waals surface area contributed by atoms with E-state index in [1.54, 1.807) is 28.1 Å². The summed E-state index contributed by atoms with van der Waals surface area (Å²) in [6.07, 6.45) is 0. The van der Waals surface area contributed by atoms with Crippen molar-refractivity contribution in [2.45, 2.75) is 27.3 Å². The fraction of sp³-hybridized carbons (Fsp3) is 0.429. The van der Waals surface area contributed by atoms with Gasteiger partial charge in [-0.1, -0.05) is 0 Å². The quantitative estimate of drug-likeness (QED) is 0.553. The maximum absolute atomic E-state index is 12.8. The highest BCUT2D eigenvalue weighted by Crippen LogP contribution is 2.30. The Hall–Kier alpha value is -2.80. The first-order valence-corrected chi connectivity index (χ1v) is 8.94. The molecule has 0 spiro atoms. The lowest BCUT2D eigenvalue weighted by atomic mass is 10.1. The molecule has 0 aliphatic rings. The molecular formula is C21H28N2O5. The molecule has 0 radical (unpaired) electrons. The van der Waals surface area contributed by atoms with Crippen LogP contribution < -0.4 is 9.47 Å². The number of ketones is 1. The molecule has 0 amide bonds. The number of aromatic nitrogens is 1. The van der Waals surface area contributed by atoms with Gasteiger partial charge in [0.1, 0.15) is 0 Å². The number of aromatic amines is 1. The molecule has 1 aromatic carbocycles. The Morgan fingerprint density at radius 2 is 1.64 bits per heavy atom. The molecule has 0 fully saturated rings. The van der Waals surface area contributed by atoms with Gasteiger partial charge in [-0.3, -0.25) is 9.69 Å². The first-order valence-electron chi connectivity index (χ1n) is 8.94. The highest BCUT2D eigenvalue weighted by molar-refractivity contribution is 6.02. The molecule has 0 aliphatic heterocycles. The van der Waals surface area contributed by atoms with Crippen LogP contribution in [0.2, 0.25) is 0 Å². The summed E-state index contributed by atoms with van der Waals surface area (Å²) in [7, 11) is 6.40. The van der Waals surface area contributed by atoms with E-state index < -0.39 is 5.97 Å². The van der Waals surface area contributed by atoms with E-state index in [1.165, 1.54) is 7.11 Å². The van der Waals surface area contributed by atoms with Crippen LogP contribution in [0, 0.1) is 20.8 Å². The van der Waals surface area contributed by atoms with Crippen molar-refractivity contribution < 1.29 is 23.8 Å². The molecular weight excluding hydrogens is 360 g/mol. The molecule has 0 atom stereocenters. The van der Waals surface area contributed by atoms with Crippen molar-refractivity contribution in [2.75, 3.05) is 34.9 Å². The number of Topliss-reactive ketones (excluding diaryl/α,β-unsaturated/α-hetero) is 1. The Labute approximate surface area is 165 Å². The number of esters is 1. The minimum Gasteiger partial charge on any atom is -0.493 e. The van der Waals surface area contributed by atoms with E-state index in [0.717, 1.165) is 11.1 Å². The normalized spacial score (nSPS) is 10.9. The zero-order valence-corrected chi connectivity index (χ0v) is 17.6. The van der Waals surface area contributed by atoms with E-state index in [4.69, 9.17) is 14.2 Å². The Kier molecular flexibility index (Phi) is 6.85. The van der Waals surface area contributed by atoms with Gasteiger partial charge >= 0.3 is 5.97 Å². The van der Waals surface area contributed by atoms with Gasteiger partial charge in [-0.15, -0.1) is 0 Å². The molecule has 1 heterocycles. The number of nitrogens with one attached hydrogen (secondary N) is 1. The summed E-state index contributed by atoms with van der Waals surface area (Å²) in [6.45, 7) is 6.28. The number of likely N-dealkylation sites (N-methyl/N-ethyl adjacent to an activating group) is 1. The first-order chi connectivity index (χ1) is 13.2. The van der Waals surface area contributed by atoms with Crippen LogP contribution in [0.4, 0.5) is 0 Å². The molecule has 0 unspecified atom stereocenters. The predicted octanol–water partition coefficient (Wildman–Crippen LogP) is 3.06. The molecule has 7 nitrogen and oxygen atoms in total. The van der Waals surface area contributed by atoms with Crippen molar-refractivity contribution in [2.24, 2.45) is 0 Å². The third-order valence-electron chi connectivity index (χ3n) is 4.80. The van der Waals surface area contributed by atoms with Crippen LogP contribution in [-0.4, -0.2) is 56.6 Å². The Balaban J connectivity index is 2.17. The number of hydrogen-bond donors (Lipinski definition) is 1. The summed E-state index contributed by atoms with van der Waals surface area (Å²) < 4.78 is 15.5. The smallest absolute Gasteiger partial charge is 0.339 e. The van der Waals surface area contributed by atoms with Gasteiger partial charge in [0.2, 0.25) is 0 Å². The summed E-state index contributed by atoms with van der Waals surface area (Å²) in [4.78, 5) is 29.6. The molecule has 2 aromatic rings. The van der Waals surface area contributed by atoms with Crippen molar-refractivity contribution in [3.05, 3.63) is 45.8 Å². The summed E-state index contributed by atoms with van der Waals surface area (Å²) in [5.41, 5.74) is 4.20. The molecule has 152 valence electrons. The van der Waals surface area contributed by atoms with Crippen LogP contribution in [0.5, 0.6) is 11.5 Å². The maximum atomic E-state index is 12.8. The summed E-state index contributed by atoms with van der Waals surface area (Å²) >= 11 is 0. The minimum absolute atomic E-state index is 0.0867. The number of carbonyl (C=O) groups is 2. The van der Waals surface area contributed by atoms with Crippen LogP contribution in [0.15, 0.2) is 12.1 Å². The molecule has 2 rings (SSSR count). The van der Waals surface area contributed by atoms with E-state index in [2.05, 4.69) is 4.98 Å². The number of nitrogens with zero attached hydrogens (tertiary/aromatic N) is 1. The summed E-state index contributed by atoms with van der Waals surface area (Å²) in [6, 6.07) is 3.85. The second-order valence-electron chi connectivity index (χ2n) is 6.85. The van der Waals surface area contributed by atoms with Crippen LogP contribution in [0.1, 0.15) is 43.2 Å². The molecule has 1 N–H and O–H groups in total. The average Bonchev–Trinajstić information content (AvgIpc) is 2.96. The molecule has 0 bridgehead atoms. The number of rotatable bonds is 8. The van der Waals surface area contributed by atoms with E-state index in [9.17, 15) is 9.59 Å². The van der Waals surface area contributed by atoms with Gasteiger partial charge < -0.3 is 19.2 Å². The number of methoxy groups -OCH3 is 3. The molecule has 0 saturated heterocycles. The monoisotopic (exact) mass is 388 g/mol. The third-order valence-corrected chi connectivity index (χ3v) is 4.80. The Bertz CT molecular complexity index is 885. The van der Waals surface area contributed by atoms with Crippen molar-refractivity contribution in [1.29, 1.82) is 0 Å². The van der Waals surface area contributed by atoms with Gasteiger partial charge in [-0.25, -0.2) is 4.79 Å². The van der Waals surface area contributed by atoms with Crippen LogP contribution >= 0.6 is 0 Å². The minimum atomic E-state index is -0.445. The third kappa shape index (κ3) is 4.36. The van der Waals surface area contributed by atoms with Crippen LogP contribution in [-0.2, 0) is 11.3 Å². The van der Waals surface area contributed by atoms with Crippen molar-refractivity contribution in [3.8, 4) is 11.5 Å². The maximum Gasteiger partial charge on any atom is 0.339 e. The highest BCUT2D eigenvalue weighted by Gasteiger charge is 2.23. The van der Waals surface area contributed by atoms with E-state index >= 15 is 0 Å². The largest absolute Gasteiger partial charge is 0.493 e. The standard InChI is InChI=1S/C21H28N2O5/c1-12-8-17(26-5)18(27-6)9-15(12)10-23(4)11-16(24)20-13(2)19(14(3)22-20)21(25)28-7/h8-9,22H,10-11H2,1-7H3. The second-order valence-corrected chi connectivity index (χ2v) is 6.85. The Morgan fingerprint density at radius 3 is 2.21 bits per heavy atom. The molecule has 28 heavy (non-hydrogen) atoms. The zero-order chi connectivity index (χ0) is 21.0. The first kappa shape index (κ1) is 21.5. The lowest BCUT2D eigenvalue weighted by Crippen LogP contribution is -2.26. The number of carbonyl (C=O) groups excluding carboxylic acids is 2. The van der Waals surface area contributed by atoms with Crippen molar-refractivity contribution in [1.82, 2.24) is 9.88 Å². The highest BCUT2D eigenvalue weighted by atomic mass is 16.5. The number of H-pyrrole nitrogens is 1. The van der Waals surface area contributed by atoms with Gasteiger partial charge in [0, 0.05) is 12.2 Å². The van der Waals surface area contributed by atoms with E-state index in [0.29, 0.717) is 40.6 Å². The lowest BCUT2D eigenvalue weighted by molar-refractivity contribution is 0.0599. The van der Waals surface area contributed by atoms with Gasteiger partial charge in [-0.05, 0) is 56.6 Å². The second kappa shape index (κ2) is 8.93. The number of benzene rings is 1. The van der Waals surface area contributed by atoms with E-state index in [-0.39, 0.29) is 12.3 Å². The average molecular weight is 388 g/mol. The van der Waals surface area contributed by atoms with Crippen molar-refractivity contribution in [3.63, 3.8) is 0 Å². The fourth-order valence-corrected chi connectivity index (χ4v) is 3.30. The molecule has 1 aromatic heterocycles. The number of hydrogen-bond acceptors (Lipinski definition) is 6. The SMILES string of the molecule is COC(=O)c1c(C)[nH]c(C(=O)CN(C)Cc2cc(OC)c(OC)cc2C)c1C. The predicted molar refractivity (Wildman–Crippen MR) is 107 cm³/mol. The molecule has 0 aliphatic carbocycles. The van der Waals surface area contributed by atoms with Gasteiger partial charge in [0.05, 0.1) is 39.1 Å². The van der Waals surface area contributed by atoms with Gasteiger partial charge in [-0.2, -0.15) is 0 Å². The Morgan fingerprint density at radius 1 is 1.04 bits per heavy atom. The topological polar surface area (TPSA) is 80.9 Å². The lowest BCUT2D eigenvalue weighted by Gasteiger charge is -2.19. The van der Waals surface area contributed by atoms with Crippen LogP contribution in [0.3, 0.4) is 0 Å². The van der Waals surface area contributed by atoms with Gasteiger partial charge in [0.15, 0.2) is 17.3 Å². The molecule has 7 heteroatoms. The summed E-state index contributed by atoms with van der Waals surface area (Å²) in [5, 5.41) is 0. The van der Waals surface area contributed by atoms with Crippen LogP contribution in [0.25, 0.3) is 0 Å². The molecule has 0 saturated carbocycles. The number of aryl methyl sites for hydroxylation is 2. The van der Waals surface area contributed by atoms with Gasteiger partial charge in [0.25, 0.3) is 0 Å². The number of ether oxygens (including phenoxy) is 3. The fourth-order valence-electron chi connectivity index (χ4n) is 3.30.